The summed E-state index contributed by atoms with van der Waals surface area (Å²) < 4.78 is 2.56. The number of rotatable bonds is 4. The predicted octanol–water partition coefficient (Wildman–Crippen LogP) is 14.2. The molecule has 2 aliphatic rings. The molecule has 0 saturated heterocycles. The van der Waals surface area contributed by atoms with Crippen molar-refractivity contribution >= 4 is 76.6 Å². The molecule has 0 bridgehead atoms. The summed E-state index contributed by atoms with van der Waals surface area (Å²) in [6.45, 7) is 4.74. The molecule has 0 spiro atoms. The van der Waals surface area contributed by atoms with Crippen molar-refractivity contribution in [3.63, 3.8) is 0 Å². The zero-order valence-corrected chi connectivity index (χ0v) is 34.4. The highest BCUT2D eigenvalue weighted by Crippen LogP contribution is 2.51. The van der Waals surface area contributed by atoms with Gasteiger partial charge in [-0.1, -0.05) is 184 Å². The van der Waals surface area contributed by atoms with E-state index < -0.39 is 0 Å². The average molecular weight is 793 g/mol. The summed E-state index contributed by atoms with van der Waals surface area (Å²) in [6, 6.07) is 70.7. The van der Waals surface area contributed by atoms with Crippen LogP contribution in [0, 0.1) is 0 Å². The molecule has 1 N–H and O–H groups in total. The molecule has 292 valence electrons. The van der Waals surface area contributed by atoms with E-state index in [-0.39, 0.29) is 11.6 Å². The van der Waals surface area contributed by atoms with Gasteiger partial charge in [0.05, 0.1) is 11.0 Å². The zero-order valence-electron chi connectivity index (χ0n) is 34.4. The van der Waals surface area contributed by atoms with Crippen molar-refractivity contribution in [3.05, 3.63) is 222 Å². The normalized spacial score (nSPS) is 15.5. The van der Waals surface area contributed by atoms with E-state index in [9.17, 15) is 0 Å². The van der Waals surface area contributed by atoms with Gasteiger partial charge >= 0.3 is 0 Å². The maximum absolute atomic E-state index is 5.40. The summed E-state index contributed by atoms with van der Waals surface area (Å²) in [5.41, 5.74) is 12.0. The Labute approximate surface area is 359 Å². The lowest BCUT2D eigenvalue weighted by molar-refractivity contribution is 0.660. The van der Waals surface area contributed by atoms with E-state index in [0.717, 1.165) is 27.9 Å². The van der Waals surface area contributed by atoms with Crippen molar-refractivity contribution in [2.75, 3.05) is 0 Å². The van der Waals surface area contributed by atoms with Gasteiger partial charge in [-0.25, -0.2) is 9.98 Å². The molecule has 2 heterocycles. The maximum Gasteiger partial charge on any atom is 0.159 e. The molecular weight excluding hydrogens is 753 g/mol. The summed E-state index contributed by atoms with van der Waals surface area (Å²) in [4.78, 5) is 10.5. The van der Waals surface area contributed by atoms with E-state index in [1.165, 1.54) is 87.5 Å². The second kappa shape index (κ2) is 13.1. The minimum atomic E-state index is -0.386. The van der Waals surface area contributed by atoms with E-state index >= 15 is 0 Å². The van der Waals surface area contributed by atoms with Gasteiger partial charge in [0, 0.05) is 49.3 Å². The summed E-state index contributed by atoms with van der Waals surface area (Å²) in [7, 11) is 0. The van der Waals surface area contributed by atoms with Crippen LogP contribution in [0.15, 0.2) is 204 Å². The summed E-state index contributed by atoms with van der Waals surface area (Å²) >= 11 is 0. The fourth-order valence-corrected chi connectivity index (χ4v) is 10.8. The second-order valence-electron chi connectivity index (χ2n) is 17.3. The van der Waals surface area contributed by atoms with E-state index in [4.69, 9.17) is 9.98 Å². The maximum atomic E-state index is 5.40. The molecule has 1 aromatic heterocycles. The van der Waals surface area contributed by atoms with Crippen LogP contribution < -0.4 is 5.32 Å². The molecule has 1 atom stereocenters. The van der Waals surface area contributed by atoms with Crippen LogP contribution in [0.25, 0.3) is 81.7 Å². The van der Waals surface area contributed by atoms with E-state index in [2.05, 4.69) is 206 Å². The fraction of sp³-hybridized carbons (Fsp3) is 0.0690. The molecule has 0 fully saturated rings. The molecule has 0 radical (unpaired) electrons. The third-order valence-corrected chi connectivity index (χ3v) is 13.6. The average Bonchev–Trinajstić information content (AvgIpc) is 3.80. The fourth-order valence-electron chi connectivity index (χ4n) is 10.8. The number of hydrogen-bond acceptors (Lipinski definition) is 3. The van der Waals surface area contributed by atoms with E-state index in [1.54, 1.807) is 0 Å². The number of nitrogens with one attached hydrogen (secondary N) is 1. The van der Waals surface area contributed by atoms with Crippen LogP contribution in [0.5, 0.6) is 0 Å². The Morgan fingerprint density at radius 3 is 1.94 bits per heavy atom. The summed E-state index contributed by atoms with van der Waals surface area (Å²) in [5, 5.41) is 16.1. The van der Waals surface area contributed by atoms with E-state index in [0.29, 0.717) is 5.84 Å². The van der Waals surface area contributed by atoms with Gasteiger partial charge in [-0.3, -0.25) is 0 Å². The third kappa shape index (κ3) is 4.95. The third-order valence-electron chi connectivity index (χ3n) is 13.6. The molecule has 62 heavy (non-hydrogen) atoms. The zero-order chi connectivity index (χ0) is 41.1. The van der Waals surface area contributed by atoms with Crippen LogP contribution in [-0.4, -0.2) is 16.2 Å². The first kappa shape index (κ1) is 35.0. The first-order valence-corrected chi connectivity index (χ1v) is 21.5. The van der Waals surface area contributed by atoms with Gasteiger partial charge in [-0.15, -0.1) is 0 Å². The Bertz CT molecular complexity index is 3740. The van der Waals surface area contributed by atoms with Gasteiger partial charge < -0.3 is 9.88 Å². The number of nitrogens with zero attached hydrogens (tertiary/aromatic N) is 3. The Kier molecular flexibility index (Phi) is 7.39. The van der Waals surface area contributed by atoms with Crippen molar-refractivity contribution in [1.29, 1.82) is 0 Å². The molecule has 10 aromatic carbocycles. The largest absolute Gasteiger partial charge is 0.344 e. The highest BCUT2D eigenvalue weighted by Gasteiger charge is 2.36. The molecule has 0 saturated carbocycles. The summed E-state index contributed by atoms with van der Waals surface area (Å²) in [6.07, 6.45) is -0.386. The lowest BCUT2D eigenvalue weighted by atomic mass is 9.82. The molecule has 4 heteroatoms. The quantitative estimate of drug-likeness (QED) is 0.177. The number of aliphatic imine (C=N–C) groups is 2. The van der Waals surface area contributed by atoms with Gasteiger partial charge in [-0.05, 0) is 78.8 Å². The molecule has 4 nitrogen and oxygen atoms in total. The van der Waals surface area contributed by atoms with Gasteiger partial charge in [0.25, 0.3) is 0 Å². The van der Waals surface area contributed by atoms with Crippen LogP contribution in [0.2, 0.25) is 0 Å². The van der Waals surface area contributed by atoms with Crippen LogP contribution in [-0.2, 0) is 5.41 Å². The standard InChI is InChI=1S/C58H40N4/c1-58(2)48-28-16-15-25-42(48)43-31-30-38(33-49(43)58)62-50-32-29-35-17-9-10-22-39(35)52(50)53-51-44-26-13-11-23-40(44)47(34-46(51)41-24-12-14-27-45(41)54(53)62)57-60-55(36-18-5-3-6-19-36)59-56(61-57)37-20-7-4-8-21-37/h3-34,57H,1-2H3,(H,59,60,61). The highest BCUT2D eigenvalue weighted by molar-refractivity contribution is 6.40. The molecule has 11 aromatic rings. The van der Waals surface area contributed by atoms with Crippen LogP contribution in [0.1, 0.15) is 47.8 Å². The molecule has 1 aliphatic carbocycles. The topological polar surface area (TPSA) is 41.7 Å². The first-order valence-electron chi connectivity index (χ1n) is 21.5. The van der Waals surface area contributed by atoms with Crippen molar-refractivity contribution in [1.82, 2.24) is 9.88 Å². The van der Waals surface area contributed by atoms with Gasteiger partial charge in [0.2, 0.25) is 0 Å². The predicted molar refractivity (Wildman–Crippen MR) is 260 cm³/mol. The van der Waals surface area contributed by atoms with Crippen LogP contribution in [0.3, 0.4) is 0 Å². The Morgan fingerprint density at radius 2 is 1.13 bits per heavy atom. The molecule has 1 aliphatic heterocycles. The molecule has 1 unspecified atom stereocenters. The highest BCUT2D eigenvalue weighted by atomic mass is 15.2. The number of benzene rings is 10. The van der Waals surface area contributed by atoms with Gasteiger partial charge in [-0.2, -0.15) is 0 Å². The minimum Gasteiger partial charge on any atom is -0.344 e. The van der Waals surface area contributed by atoms with Gasteiger partial charge in [0.1, 0.15) is 12.0 Å². The Hall–Kier alpha value is -7.82. The Balaban J connectivity index is 1.15. The summed E-state index contributed by atoms with van der Waals surface area (Å²) in [5.74, 6) is 1.52. The number of aromatic nitrogens is 1. The van der Waals surface area contributed by atoms with Crippen molar-refractivity contribution in [2.24, 2.45) is 9.98 Å². The monoisotopic (exact) mass is 792 g/mol. The number of amidine groups is 2. The molecular formula is C58H40N4. The lowest BCUT2D eigenvalue weighted by Gasteiger charge is -2.25. The smallest absolute Gasteiger partial charge is 0.159 e. The molecule has 13 rings (SSSR count). The van der Waals surface area contributed by atoms with Crippen LogP contribution in [0.4, 0.5) is 0 Å². The van der Waals surface area contributed by atoms with Crippen molar-refractivity contribution in [3.8, 4) is 16.8 Å². The Morgan fingerprint density at radius 1 is 0.484 bits per heavy atom. The van der Waals surface area contributed by atoms with Crippen molar-refractivity contribution < 1.29 is 0 Å². The van der Waals surface area contributed by atoms with E-state index in [1.807, 2.05) is 12.1 Å². The van der Waals surface area contributed by atoms with Gasteiger partial charge in [0.15, 0.2) is 5.84 Å². The lowest BCUT2D eigenvalue weighted by Crippen LogP contribution is -2.33. The first-order chi connectivity index (χ1) is 30.5. The second-order valence-corrected chi connectivity index (χ2v) is 17.3. The SMILES string of the molecule is CC1(C)c2ccccc2-c2ccc(-n3c4ccc5ccccc5c4c4c5c6ccccc6c(C6N=C(c7ccccc7)N=C(c7ccccc7)N6)cc5c5ccccc5c43)cc21. The van der Waals surface area contributed by atoms with Crippen LogP contribution >= 0.6 is 0 Å². The number of fused-ring (bicyclic) bond motifs is 15. The minimum absolute atomic E-state index is 0.129. The number of hydrogen-bond donors (Lipinski definition) is 1. The van der Waals surface area contributed by atoms with Crippen molar-refractivity contribution in [2.45, 2.75) is 25.4 Å². The molecule has 0 amide bonds.